The minimum atomic E-state index is 0.577. The molecule has 1 aromatic rings. The van der Waals surface area contributed by atoms with Crippen molar-refractivity contribution >= 4 is 5.82 Å². The van der Waals surface area contributed by atoms with Crippen LogP contribution in [0.2, 0.25) is 0 Å². The van der Waals surface area contributed by atoms with Gasteiger partial charge in [-0.1, -0.05) is 13.8 Å². The highest BCUT2D eigenvalue weighted by Crippen LogP contribution is 2.29. The van der Waals surface area contributed by atoms with Crippen molar-refractivity contribution < 1.29 is 4.74 Å². The van der Waals surface area contributed by atoms with Crippen molar-refractivity contribution in [2.45, 2.75) is 39.7 Å². The number of rotatable bonds is 6. The van der Waals surface area contributed by atoms with E-state index in [1.165, 1.54) is 12.8 Å². The number of pyridine rings is 1. The van der Waals surface area contributed by atoms with Crippen molar-refractivity contribution in [3.05, 3.63) is 18.3 Å². The minimum absolute atomic E-state index is 0.577. The number of aromatic nitrogens is 1. The Labute approximate surface area is 122 Å². The van der Waals surface area contributed by atoms with Crippen molar-refractivity contribution in [1.82, 2.24) is 10.3 Å². The number of nitrogens with zero attached hydrogens (tertiary/aromatic N) is 2. The first-order valence-electron chi connectivity index (χ1n) is 7.76. The summed E-state index contributed by atoms with van der Waals surface area (Å²) in [6.07, 6.45) is 4.30. The maximum absolute atomic E-state index is 5.68. The van der Waals surface area contributed by atoms with E-state index in [-0.39, 0.29) is 0 Å². The van der Waals surface area contributed by atoms with Crippen LogP contribution >= 0.6 is 0 Å². The van der Waals surface area contributed by atoms with E-state index in [0.29, 0.717) is 12.6 Å². The standard InChI is InChI=1S/C16H27N3O/c1-4-20-15-6-5-9-17-16(15)19-10-7-14(8-11-19)12-18-13(2)3/h5-6,9,13-14,18H,4,7-8,10-12H2,1-3H3. The van der Waals surface area contributed by atoms with Crippen LogP contribution in [0.25, 0.3) is 0 Å². The first kappa shape index (κ1) is 15.1. The van der Waals surface area contributed by atoms with Gasteiger partial charge < -0.3 is 15.0 Å². The molecule has 0 amide bonds. The molecule has 0 aromatic carbocycles. The molecular formula is C16H27N3O. The Morgan fingerprint density at radius 3 is 2.80 bits per heavy atom. The molecule has 20 heavy (non-hydrogen) atoms. The van der Waals surface area contributed by atoms with Crippen LogP contribution in [0.4, 0.5) is 5.82 Å². The number of hydrogen-bond acceptors (Lipinski definition) is 4. The third-order valence-electron chi connectivity index (χ3n) is 3.78. The molecular weight excluding hydrogens is 250 g/mol. The van der Waals surface area contributed by atoms with Crippen LogP contribution < -0.4 is 15.0 Å². The predicted molar refractivity (Wildman–Crippen MR) is 83.5 cm³/mol. The van der Waals surface area contributed by atoms with E-state index < -0.39 is 0 Å². The number of nitrogens with one attached hydrogen (secondary N) is 1. The highest BCUT2D eigenvalue weighted by Gasteiger charge is 2.22. The number of ether oxygens (including phenoxy) is 1. The molecule has 1 aliphatic heterocycles. The molecule has 1 saturated heterocycles. The molecule has 1 fully saturated rings. The van der Waals surface area contributed by atoms with Gasteiger partial charge in [-0.15, -0.1) is 0 Å². The van der Waals surface area contributed by atoms with E-state index in [0.717, 1.165) is 37.1 Å². The van der Waals surface area contributed by atoms with Gasteiger partial charge in [-0.2, -0.15) is 0 Å². The molecule has 0 bridgehead atoms. The van der Waals surface area contributed by atoms with Gasteiger partial charge in [0, 0.05) is 25.3 Å². The van der Waals surface area contributed by atoms with Crippen molar-refractivity contribution in [3.8, 4) is 5.75 Å². The van der Waals surface area contributed by atoms with Crippen LogP contribution in [0.15, 0.2) is 18.3 Å². The molecule has 0 spiro atoms. The lowest BCUT2D eigenvalue weighted by Gasteiger charge is -2.33. The van der Waals surface area contributed by atoms with Crippen LogP contribution in [-0.2, 0) is 0 Å². The highest BCUT2D eigenvalue weighted by molar-refractivity contribution is 5.52. The summed E-state index contributed by atoms with van der Waals surface area (Å²) in [4.78, 5) is 6.86. The monoisotopic (exact) mass is 277 g/mol. The second kappa shape index (κ2) is 7.48. The van der Waals surface area contributed by atoms with Gasteiger partial charge in [0.2, 0.25) is 0 Å². The van der Waals surface area contributed by atoms with E-state index in [1.807, 2.05) is 25.3 Å². The maximum Gasteiger partial charge on any atom is 0.171 e. The van der Waals surface area contributed by atoms with Gasteiger partial charge in [0.1, 0.15) is 0 Å². The Bertz CT molecular complexity index is 400. The zero-order valence-corrected chi connectivity index (χ0v) is 12.9. The summed E-state index contributed by atoms with van der Waals surface area (Å²) in [7, 11) is 0. The van der Waals surface area contributed by atoms with Gasteiger partial charge in [0.15, 0.2) is 11.6 Å². The first-order chi connectivity index (χ1) is 9.70. The van der Waals surface area contributed by atoms with E-state index in [4.69, 9.17) is 4.74 Å². The molecule has 4 nitrogen and oxygen atoms in total. The normalized spacial score (nSPS) is 16.7. The summed E-state index contributed by atoms with van der Waals surface area (Å²) < 4.78 is 5.68. The summed E-state index contributed by atoms with van der Waals surface area (Å²) in [6, 6.07) is 4.53. The summed E-state index contributed by atoms with van der Waals surface area (Å²) >= 11 is 0. The Morgan fingerprint density at radius 1 is 1.40 bits per heavy atom. The topological polar surface area (TPSA) is 37.4 Å². The van der Waals surface area contributed by atoms with Gasteiger partial charge >= 0.3 is 0 Å². The fourth-order valence-electron chi connectivity index (χ4n) is 2.64. The molecule has 1 N–H and O–H groups in total. The average Bonchev–Trinajstić information content (AvgIpc) is 2.47. The molecule has 112 valence electrons. The minimum Gasteiger partial charge on any atom is -0.490 e. The summed E-state index contributed by atoms with van der Waals surface area (Å²) in [5.74, 6) is 2.70. The lowest BCUT2D eigenvalue weighted by molar-refractivity contribution is 0.333. The number of piperidine rings is 1. The predicted octanol–water partition coefficient (Wildman–Crippen LogP) is 2.69. The van der Waals surface area contributed by atoms with Crippen molar-refractivity contribution in [2.24, 2.45) is 5.92 Å². The first-order valence-corrected chi connectivity index (χ1v) is 7.76. The van der Waals surface area contributed by atoms with Crippen LogP contribution in [0.1, 0.15) is 33.6 Å². The van der Waals surface area contributed by atoms with Gasteiger partial charge in [-0.25, -0.2) is 4.98 Å². The summed E-state index contributed by atoms with van der Waals surface area (Å²) in [5, 5.41) is 3.54. The molecule has 0 aliphatic carbocycles. The molecule has 4 heteroatoms. The number of anilines is 1. The third-order valence-corrected chi connectivity index (χ3v) is 3.78. The summed E-state index contributed by atoms with van der Waals surface area (Å²) in [6.45, 7) is 10.4. The van der Waals surface area contributed by atoms with Crippen LogP contribution in [0.5, 0.6) is 5.75 Å². The van der Waals surface area contributed by atoms with E-state index in [2.05, 4.69) is 29.0 Å². The SMILES string of the molecule is CCOc1cccnc1N1CCC(CNC(C)C)CC1. The molecule has 0 saturated carbocycles. The quantitative estimate of drug-likeness (QED) is 0.867. The Balaban J connectivity index is 1.90. The zero-order chi connectivity index (χ0) is 14.4. The third kappa shape index (κ3) is 4.10. The largest absolute Gasteiger partial charge is 0.490 e. The lowest BCUT2D eigenvalue weighted by Crippen LogP contribution is -2.39. The smallest absolute Gasteiger partial charge is 0.171 e. The van der Waals surface area contributed by atoms with Crippen molar-refractivity contribution in [2.75, 3.05) is 31.1 Å². The zero-order valence-electron chi connectivity index (χ0n) is 12.9. The maximum atomic E-state index is 5.68. The fraction of sp³-hybridized carbons (Fsp3) is 0.688. The molecule has 0 radical (unpaired) electrons. The number of hydrogen-bond donors (Lipinski definition) is 1. The summed E-state index contributed by atoms with van der Waals surface area (Å²) in [5.41, 5.74) is 0. The molecule has 0 atom stereocenters. The van der Waals surface area contributed by atoms with Gasteiger partial charge in [0.05, 0.1) is 6.61 Å². The van der Waals surface area contributed by atoms with Crippen molar-refractivity contribution in [3.63, 3.8) is 0 Å². The highest BCUT2D eigenvalue weighted by atomic mass is 16.5. The molecule has 1 aliphatic rings. The van der Waals surface area contributed by atoms with Gasteiger partial charge in [0.25, 0.3) is 0 Å². The van der Waals surface area contributed by atoms with E-state index in [9.17, 15) is 0 Å². The molecule has 0 unspecified atom stereocenters. The fourth-order valence-corrected chi connectivity index (χ4v) is 2.64. The van der Waals surface area contributed by atoms with Crippen LogP contribution in [-0.4, -0.2) is 37.3 Å². The Kier molecular flexibility index (Phi) is 5.65. The van der Waals surface area contributed by atoms with E-state index in [1.54, 1.807) is 0 Å². The lowest BCUT2D eigenvalue weighted by atomic mass is 9.96. The molecule has 2 heterocycles. The second-order valence-corrected chi connectivity index (χ2v) is 5.75. The average molecular weight is 277 g/mol. The Hall–Kier alpha value is -1.29. The second-order valence-electron chi connectivity index (χ2n) is 5.75. The molecule has 1 aromatic heterocycles. The van der Waals surface area contributed by atoms with Crippen molar-refractivity contribution in [1.29, 1.82) is 0 Å². The van der Waals surface area contributed by atoms with Gasteiger partial charge in [-0.3, -0.25) is 0 Å². The van der Waals surface area contributed by atoms with Gasteiger partial charge in [-0.05, 0) is 44.4 Å². The van der Waals surface area contributed by atoms with E-state index >= 15 is 0 Å². The van der Waals surface area contributed by atoms with Crippen LogP contribution in [0.3, 0.4) is 0 Å². The van der Waals surface area contributed by atoms with Crippen LogP contribution in [0, 0.1) is 5.92 Å². The molecule has 2 rings (SSSR count). The Morgan fingerprint density at radius 2 is 2.15 bits per heavy atom.